The predicted octanol–water partition coefficient (Wildman–Crippen LogP) is 3.70. The van der Waals surface area contributed by atoms with E-state index in [-0.39, 0.29) is 11.4 Å². The SMILES string of the molecule is CNC(Cc1cccc(F)c1)C1CCOC2(CCCC2)C1. The van der Waals surface area contributed by atoms with Gasteiger partial charge in [-0.1, -0.05) is 25.0 Å². The van der Waals surface area contributed by atoms with Crippen LogP contribution >= 0.6 is 0 Å². The Morgan fingerprint density at radius 3 is 2.90 bits per heavy atom. The largest absolute Gasteiger partial charge is 0.375 e. The lowest BCUT2D eigenvalue weighted by atomic mass is 9.79. The molecule has 116 valence electrons. The topological polar surface area (TPSA) is 21.3 Å². The molecule has 2 unspecified atom stereocenters. The number of hydrogen-bond donors (Lipinski definition) is 1. The van der Waals surface area contributed by atoms with Crippen LogP contribution in [0.5, 0.6) is 0 Å². The van der Waals surface area contributed by atoms with Crippen LogP contribution < -0.4 is 5.32 Å². The summed E-state index contributed by atoms with van der Waals surface area (Å²) in [6.07, 6.45) is 8.23. The molecule has 21 heavy (non-hydrogen) atoms. The van der Waals surface area contributed by atoms with E-state index in [1.165, 1.54) is 31.7 Å². The van der Waals surface area contributed by atoms with E-state index in [0.717, 1.165) is 31.4 Å². The van der Waals surface area contributed by atoms with Gasteiger partial charge < -0.3 is 10.1 Å². The first kappa shape index (κ1) is 15.0. The van der Waals surface area contributed by atoms with Crippen molar-refractivity contribution in [3.05, 3.63) is 35.6 Å². The minimum atomic E-state index is -0.137. The molecule has 0 bridgehead atoms. The molecule has 0 amide bonds. The van der Waals surface area contributed by atoms with Crippen LogP contribution in [0, 0.1) is 11.7 Å². The van der Waals surface area contributed by atoms with Crippen LogP contribution in [-0.4, -0.2) is 25.3 Å². The van der Waals surface area contributed by atoms with Crippen LogP contribution in [0.2, 0.25) is 0 Å². The van der Waals surface area contributed by atoms with Gasteiger partial charge in [-0.2, -0.15) is 0 Å². The summed E-state index contributed by atoms with van der Waals surface area (Å²) in [5.41, 5.74) is 1.24. The van der Waals surface area contributed by atoms with Crippen molar-refractivity contribution in [2.45, 2.75) is 56.6 Å². The van der Waals surface area contributed by atoms with Crippen molar-refractivity contribution in [1.29, 1.82) is 0 Å². The maximum absolute atomic E-state index is 13.4. The van der Waals surface area contributed by atoms with E-state index in [1.807, 2.05) is 13.1 Å². The molecule has 2 fully saturated rings. The smallest absolute Gasteiger partial charge is 0.123 e. The Morgan fingerprint density at radius 2 is 2.19 bits per heavy atom. The lowest BCUT2D eigenvalue weighted by molar-refractivity contribution is -0.0975. The number of ether oxygens (including phenoxy) is 1. The zero-order chi connectivity index (χ0) is 14.7. The van der Waals surface area contributed by atoms with Crippen molar-refractivity contribution in [3.63, 3.8) is 0 Å². The van der Waals surface area contributed by atoms with Gasteiger partial charge in [0.25, 0.3) is 0 Å². The second-order valence-corrected chi connectivity index (χ2v) is 6.72. The van der Waals surface area contributed by atoms with Crippen LogP contribution in [0.25, 0.3) is 0 Å². The maximum atomic E-state index is 13.4. The number of likely N-dealkylation sites (N-methyl/N-ethyl adjacent to an activating group) is 1. The van der Waals surface area contributed by atoms with Crippen LogP contribution in [0.1, 0.15) is 44.1 Å². The summed E-state index contributed by atoms with van der Waals surface area (Å²) in [6.45, 7) is 0.881. The fourth-order valence-corrected chi connectivity index (χ4v) is 4.20. The van der Waals surface area contributed by atoms with Gasteiger partial charge in [0.05, 0.1) is 5.60 Å². The van der Waals surface area contributed by atoms with E-state index in [4.69, 9.17) is 4.74 Å². The summed E-state index contributed by atoms with van der Waals surface area (Å²) in [7, 11) is 2.03. The number of rotatable bonds is 4. The summed E-state index contributed by atoms with van der Waals surface area (Å²) in [6, 6.07) is 7.42. The Kier molecular flexibility index (Phi) is 4.60. The third-order valence-electron chi connectivity index (χ3n) is 5.33. The van der Waals surface area contributed by atoms with Crippen LogP contribution in [0.15, 0.2) is 24.3 Å². The molecular weight excluding hydrogens is 265 g/mol. The van der Waals surface area contributed by atoms with E-state index < -0.39 is 0 Å². The van der Waals surface area contributed by atoms with Crippen molar-refractivity contribution < 1.29 is 9.13 Å². The third-order valence-corrected chi connectivity index (χ3v) is 5.33. The van der Waals surface area contributed by atoms with Gasteiger partial charge in [-0.3, -0.25) is 0 Å². The van der Waals surface area contributed by atoms with Crippen molar-refractivity contribution in [1.82, 2.24) is 5.32 Å². The van der Waals surface area contributed by atoms with Gasteiger partial charge in [0.1, 0.15) is 5.82 Å². The van der Waals surface area contributed by atoms with Gasteiger partial charge in [0, 0.05) is 12.6 Å². The van der Waals surface area contributed by atoms with E-state index in [9.17, 15) is 4.39 Å². The molecule has 2 nitrogen and oxygen atoms in total. The average Bonchev–Trinajstić information content (AvgIpc) is 2.92. The second-order valence-electron chi connectivity index (χ2n) is 6.72. The highest BCUT2D eigenvalue weighted by atomic mass is 19.1. The van der Waals surface area contributed by atoms with Gasteiger partial charge in [-0.05, 0) is 62.8 Å². The molecule has 2 atom stereocenters. The lowest BCUT2D eigenvalue weighted by Gasteiger charge is -2.41. The summed E-state index contributed by atoms with van der Waals surface area (Å²) in [5.74, 6) is 0.492. The Bertz CT molecular complexity index is 470. The molecule has 1 saturated carbocycles. The molecule has 1 aromatic rings. The molecule has 3 heteroatoms. The molecule has 1 saturated heterocycles. The fourth-order valence-electron chi connectivity index (χ4n) is 4.20. The first-order chi connectivity index (χ1) is 10.2. The molecule has 1 N–H and O–H groups in total. The van der Waals surface area contributed by atoms with Gasteiger partial charge in [0.15, 0.2) is 0 Å². The predicted molar refractivity (Wildman–Crippen MR) is 82.8 cm³/mol. The highest BCUT2D eigenvalue weighted by Crippen LogP contribution is 2.43. The molecule has 1 heterocycles. The monoisotopic (exact) mass is 291 g/mol. The molecule has 0 radical (unpaired) electrons. The Hall–Kier alpha value is -0.930. The van der Waals surface area contributed by atoms with Crippen molar-refractivity contribution in [3.8, 4) is 0 Å². The zero-order valence-electron chi connectivity index (χ0n) is 12.9. The normalized spacial score (nSPS) is 26.1. The highest BCUT2D eigenvalue weighted by Gasteiger charge is 2.41. The van der Waals surface area contributed by atoms with Crippen LogP contribution in [-0.2, 0) is 11.2 Å². The lowest BCUT2D eigenvalue weighted by Crippen LogP contribution is -2.45. The van der Waals surface area contributed by atoms with Gasteiger partial charge in [-0.25, -0.2) is 4.39 Å². The Labute approximate surface area is 127 Å². The standard InChI is InChI=1S/C18H26FNO/c1-20-17(12-14-5-4-6-16(19)11-14)15-7-10-21-18(13-15)8-2-3-9-18/h4-6,11,15,17,20H,2-3,7-10,12-13H2,1H3. The van der Waals surface area contributed by atoms with E-state index in [2.05, 4.69) is 5.32 Å². The summed E-state index contributed by atoms with van der Waals surface area (Å²) >= 11 is 0. The highest BCUT2D eigenvalue weighted by molar-refractivity contribution is 5.18. The maximum Gasteiger partial charge on any atom is 0.123 e. The Morgan fingerprint density at radius 1 is 1.38 bits per heavy atom. The minimum Gasteiger partial charge on any atom is -0.375 e. The first-order valence-electron chi connectivity index (χ1n) is 8.26. The Balaban J connectivity index is 1.67. The molecule has 1 aromatic carbocycles. The van der Waals surface area contributed by atoms with Gasteiger partial charge >= 0.3 is 0 Å². The molecule has 3 rings (SSSR count). The molecular formula is C18H26FNO. The summed E-state index contributed by atoms with van der Waals surface area (Å²) in [4.78, 5) is 0. The average molecular weight is 291 g/mol. The van der Waals surface area contributed by atoms with E-state index in [0.29, 0.717) is 12.0 Å². The number of nitrogens with one attached hydrogen (secondary N) is 1. The third kappa shape index (κ3) is 3.46. The minimum absolute atomic E-state index is 0.137. The zero-order valence-corrected chi connectivity index (χ0v) is 12.9. The van der Waals surface area contributed by atoms with Crippen molar-refractivity contribution in [2.75, 3.05) is 13.7 Å². The summed E-state index contributed by atoms with van der Waals surface area (Å²) < 4.78 is 19.5. The van der Waals surface area contributed by atoms with Crippen molar-refractivity contribution >= 4 is 0 Å². The first-order valence-corrected chi connectivity index (χ1v) is 8.26. The molecule has 1 spiro atoms. The quantitative estimate of drug-likeness (QED) is 0.913. The van der Waals surface area contributed by atoms with Gasteiger partial charge in [0.2, 0.25) is 0 Å². The molecule has 0 aromatic heterocycles. The van der Waals surface area contributed by atoms with Crippen LogP contribution in [0.3, 0.4) is 0 Å². The van der Waals surface area contributed by atoms with Gasteiger partial charge in [-0.15, -0.1) is 0 Å². The van der Waals surface area contributed by atoms with Crippen molar-refractivity contribution in [2.24, 2.45) is 5.92 Å². The molecule has 2 aliphatic rings. The van der Waals surface area contributed by atoms with E-state index >= 15 is 0 Å². The summed E-state index contributed by atoms with van der Waals surface area (Å²) in [5, 5.41) is 3.47. The van der Waals surface area contributed by atoms with Crippen LogP contribution in [0.4, 0.5) is 4.39 Å². The van der Waals surface area contributed by atoms with E-state index in [1.54, 1.807) is 12.1 Å². The molecule has 1 aliphatic carbocycles. The number of halogens is 1. The number of hydrogen-bond acceptors (Lipinski definition) is 2. The number of benzene rings is 1. The molecule has 1 aliphatic heterocycles. The fraction of sp³-hybridized carbons (Fsp3) is 0.667. The second kappa shape index (κ2) is 6.45.